The van der Waals surface area contributed by atoms with Gasteiger partial charge in [0.2, 0.25) is 10.0 Å². The second-order valence-electron chi connectivity index (χ2n) is 4.67. The molecule has 6 heteroatoms. The van der Waals surface area contributed by atoms with Gasteiger partial charge in [-0.2, -0.15) is 0 Å². The summed E-state index contributed by atoms with van der Waals surface area (Å²) in [7, 11) is -3.18. The molecule has 19 heavy (non-hydrogen) atoms. The number of sulfonamides is 1. The lowest BCUT2D eigenvalue weighted by Gasteiger charge is -2.12. The van der Waals surface area contributed by atoms with Crippen LogP contribution in [0.3, 0.4) is 0 Å². The van der Waals surface area contributed by atoms with Crippen LogP contribution in [0.2, 0.25) is 0 Å². The van der Waals surface area contributed by atoms with Crippen molar-refractivity contribution in [2.75, 3.05) is 18.8 Å². The fourth-order valence-electron chi connectivity index (χ4n) is 1.79. The molecule has 1 aromatic rings. The largest absolute Gasteiger partial charge is 0.317 e. The molecule has 4 nitrogen and oxygen atoms in total. The fraction of sp³-hybridized carbons (Fsp3) is 0.692. The Morgan fingerprint density at radius 3 is 2.63 bits per heavy atom. The van der Waals surface area contributed by atoms with Gasteiger partial charge in [-0.1, -0.05) is 6.92 Å². The summed E-state index contributed by atoms with van der Waals surface area (Å²) < 4.78 is 26.6. The van der Waals surface area contributed by atoms with Crippen LogP contribution in [0.25, 0.3) is 0 Å². The summed E-state index contributed by atoms with van der Waals surface area (Å²) >= 11 is 1.63. The molecule has 0 amide bonds. The zero-order valence-corrected chi connectivity index (χ0v) is 13.5. The number of hydrogen-bond donors (Lipinski definition) is 2. The van der Waals surface area contributed by atoms with E-state index in [1.165, 1.54) is 4.88 Å². The minimum absolute atomic E-state index is 0.141. The SMILES string of the molecule is CCNCCCCS(=O)(=O)NC(C)c1ccc(C)s1. The maximum Gasteiger partial charge on any atom is 0.212 e. The second-order valence-corrected chi connectivity index (χ2v) is 7.86. The van der Waals surface area contributed by atoms with Gasteiger partial charge in [-0.25, -0.2) is 13.1 Å². The first kappa shape index (κ1) is 16.6. The average molecular weight is 304 g/mol. The summed E-state index contributed by atoms with van der Waals surface area (Å²) in [6, 6.07) is 3.86. The van der Waals surface area contributed by atoms with Crippen molar-refractivity contribution in [3.63, 3.8) is 0 Å². The van der Waals surface area contributed by atoms with Crippen LogP contribution in [0.1, 0.15) is 42.5 Å². The van der Waals surface area contributed by atoms with E-state index in [9.17, 15) is 8.42 Å². The van der Waals surface area contributed by atoms with Gasteiger partial charge in [0.1, 0.15) is 0 Å². The van der Waals surface area contributed by atoms with Gasteiger partial charge in [0.05, 0.1) is 11.8 Å². The Hall–Kier alpha value is -0.430. The summed E-state index contributed by atoms with van der Waals surface area (Å²) in [6.07, 6.45) is 1.58. The molecule has 0 radical (unpaired) electrons. The summed E-state index contributed by atoms with van der Waals surface area (Å²) in [5, 5.41) is 3.19. The van der Waals surface area contributed by atoms with Crippen LogP contribution in [-0.2, 0) is 10.0 Å². The first-order valence-corrected chi connectivity index (χ1v) is 9.18. The van der Waals surface area contributed by atoms with Crippen molar-refractivity contribution in [1.29, 1.82) is 0 Å². The molecule has 0 saturated carbocycles. The van der Waals surface area contributed by atoms with Crippen molar-refractivity contribution in [1.82, 2.24) is 10.0 Å². The third-order valence-corrected chi connectivity index (χ3v) is 5.53. The summed E-state index contributed by atoms with van der Waals surface area (Å²) in [4.78, 5) is 2.26. The van der Waals surface area contributed by atoms with E-state index in [4.69, 9.17) is 0 Å². The van der Waals surface area contributed by atoms with E-state index in [0.717, 1.165) is 24.4 Å². The number of hydrogen-bond acceptors (Lipinski definition) is 4. The molecule has 0 aliphatic heterocycles. The minimum Gasteiger partial charge on any atom is -0.317 e. The highest BCUT2D eigenvalue weighted by molar-refractivity contribution is 7.89. The van der Waals surface area contributed by atoms with Crippen molar-refractivity contribution in [2.45, 2.75) is 39.7 Å². The minimum atomic E-state index is -3.18. The van der Waals surface area contributed by atoms with Crippen LogP contribution >= 0.6 is 11.3 Å². The highest BCUT2D eigenvalue weighted by Crippen LogP contribution is 2.22. The van der Waals surface area contributed by atoms with Crippen LogP contribution in [0.15, 0.2) is 12.1 Å². The standard InChI is InChI=1S/C13H24N2O2S2/c1-4-14-9-5-6-10-19(16,17)15-12(3)13-8-7-11(2)18-13/h7-8,12,14-15H,4-6,9-10H2,1-3H3. The van der Waals surface area contributed by atoms with E-state index in [-0.39, 0.29) is 11.8 Å². The van der Waals surface area contributed by atoms with E-state index in [0.29, 0.717) is 6.42 Å². The van der Waals surface area contributed by atoms with Crippen molar-refractivity contribution in [2.24, 2.45) is 0 Å². The van der Waals surface area contributed by atoms with Gasteiger partial charge in [-0.05, 0) is 51.9 Å². The number of rotatable bonds is 9. The Balaban J connectivity index is 2.37. The van der Waals surface area contributed by atoms with E-state index in [1.807, 2.05) is 32.9 Å². The van der Waals surface area contributed by atoms with Gasteiger partial charge in [0, 0.05) is 9.75 Å². The Bertz CT molecular complexity index is 469. The lowest BCUT2D eigenvalue weighted by Crippen LogP contribution is -2.29. The Morgan fingerprint density at radius 2 is 2.05 bits per heavy atom. The molecule has 110 valence electrons. The normalized spacial score (nSPS) is 13.6. The van der Waals surface area contributed by atoms with Crippen LogP contribution < -0.4 is 10.0 Å². The molecule has 1 aromatic heterocycles. The molecule has 0 aliphatic rings. The quantitative estimate of drug-likeness (QED) is 0.689. The summed E-state index contributed by atoms with van der Waals surface area (Å²) in [6.45, 7) is 7.77. The maximum atomic E-state index is 11.9. The van der Waals surface area contributed by atoms with Gasteiger partial charge in [-0.15, -0.1) is 11.3 Å². The molecule has 1 heterocycles. The monoisotopic (exact) mass is 304 g/mol. The third-order valence-electron chi connectivity index (χ3n) is 2.81. The topological polar surface area (TPSA) is 58.2 Å². The zero-order valence-electron chi connectivity index (χ0n) is 11.9. The van der Waals surface area contributed by atoms with Crippen LogP contribution in [0, 0.1) is 6.92 Å². The Labute approximate surface area is 120 Å². The molecule has 0 aromatic carbocycles. The van der Waals surface area contributed by atoms with E-state index < -0.39 is 10.0 Å². The van der Waals surface area contributed by atoms with E-state index >= 15 is 0 Å². The van der Waals surface area contributed by atoms with Crippen molar-refractivity contribution < 1.29 is 8.42 Å². The Morgan fingerprint density at radius 1 is 1.32 bits per heavy atom. The van der Waals surface area contributed by atoms with Gasteiger partial charge >= 0.3 is 0 Å². The smallest absolute Gasteiger partial charge is 0.212 e. The van der Waals surface area contributed by atoms with Gasteiger partial charge < -0.3 is 5.32 Å². The van der Waals surface area contributed by atoms with E-state index in [1.54, 1.807) is 11.3 Å². The molecule has 1 atom stereocenters. The van der Waals surface area contributed by atoms with Crippen LogP contribution in [-0.4, -0.2) is 27.3 Å². The molecule has 0 fully saturated rings. The number of nitrogens with one attached hydrogen (secondary N) is 2. The summed E-state index contributed by atoms with van der Waals surface area (Å²) in [5.74, 6) is 0.201. The lowest BCUT2D eigenvalue weighted by atomic mass is 10.3. The molecule has 2 N–H and O–H groups in total. The highest BCUT2D eigenvalue weighted by Gasteiger charge is 2.16. The molecule has 0 aliphatic carbocycles. The van der Waals surface area contributed by atoms with Gasteiger partial charge in [0.15, 0.2) is 0 Å². The predicted octanol–water partition coefficient (Wildman–Crippen LogP) is 2.43. The van der Waals surface area contributed by atoms with Crippen LogP contribution in [0.5, 0.6) is 0 Å². The van der Waals surface area contributed by atoms with Crippen molar-refractivity contribution >= 4 is 21.4 Å². The molecular weight excluding hydrogens is 280 g/mol. The summed E-state index contributed by atoms with van der Waals surface area (Å²) in [5.41, 5.74) is 0. The van der Waals surface area contributed by atoms with Crippen molar-refractivity contribution in [3.05, 3.63) is 21.9 Å². The number of unbranched alkanes of at least 4 members (excludes halogenated alkanes) is 1. The molecule has 0 spiro atoms. The maximum absolute atomic E-state index is 11.9. The van der Waals surface area contributed by atoms with Crippen molar-refractivity contribution in [3.8, 4) is 0 Å². The number of aryl methyl sites for hydroxylation is 1. The first-order chi connectivity index (χ1) is 8.94. The molecule has 0 bridgehead atoms. The number of thiophene rings is 1. The molecule has 0 saturated heterocycles. The highest BCUT2D eigenvalue weighted by atomic mass is 32.2. The predicted molar refractivity (Wildman–Crippen MR) is 82.2 cm³/mol. The average Bonchev–Trinajstić information content (AvgIpc) is 2.75. The first-order valence-electron chi connectivity index (χ1n) is 6.71. The lowest BCUT2D eigenvalue weighted by molar-refractivity contribution is 0.562. The van der Waals surface area contributed by atoms with Gasteiger partial charge in [0.25, 0.3) is 0 Å². The third kappa shape index (κ3) is 6.51. The fourth-order valence-corrected chi connectivity index (χ4v) is 4.11. The molecular formula is C13H24N2O2S2. The Kier molecular flexibility index (Phi) is 6.99. The molecule has 1 rings (SSSR count). The van der Waals surface area contributed by atoms with E-state index in [2.05, 4.69) is 10.0 Å². The second kappa shape index (κ2) is 7.99. The molecule has 1 unspecified atom stereocenters. The zero-order chi connectivity index (χ0) is 14.3. The van der Waals surface area contributed by atoms with Crippen LogP contribution in [0.4, 0.5) is 0 Å². The van der Waals surface area contributed by atoms with Gasteiger partial charge in [-0.3, -0.25) is 0 Å².